The summed E-state index contributed by atoms with van der Waals surface area (Å²) in [5.74, 6) is 0. The van der Waals surface area contributed by atoms with E-state index in [0.29, 0.717) is 29.7 Å². The van der Waals surface area contributed by atoms with Gasteiger partial charge in [0.15, 0.2) is 0 Å². The van der Waals surface area contributed by atoms with Gasteiger partial charge in [0.25, 0.3) is 0 Å². The average Bonchev–Trinajstić information content (AvgIpc) is 2.65. The van der Waals surface area contributed by atoms with Crippen LogP contribution in [0.1, 0.15) is 30.5 Å². The molecule has 4 nitrogen and oxygen atoms in total. The molecule has 0 saturated carbocycles. The monoisotopic (exact) mass is 392 g/mol. The van der Waals surface area contributed by atoms with Crippen molar-refractivity contribution in [3.05, 3.63) is 69.7 Å². The lowest BCUT2D eigenvalue weighted by Crippen LogP contribution is -2.55. The van der Waals surface area contributed by atoms with Crippen LogP contribution in [-0.4, -0.2) is 46.7 Å². The second-order valence-electron chi connectivity index (χ2n) is 6.53. The van der Waals surface area contributed by atoms with Gasteiger partial charge in [-0.25, -0.2) is 4.79 Å². The zero-order valence-electron chi connectivity index (χ0n) is 14.6. The fourth-order valence-electron chi connectivity index (χ4n) is 3.61. The van der Waals surface area contributed by atoms with Gasteiger partial charge in [0.1, 0.15) is 0 Å². The van der Waals surface area contributed by atoms with Crippen molar-refractivity contribution in [2.24, 2.45) is 0 Å². The second kappa shape index (κ2) is 8.30. The van der Waals surface area contributed by atoms with E-state index in [1.54, 1.807) is 0 Å². The van der Waals surface area contributed by atoms with Crippen molar-refractivity contribution in [2.45, 2.75) is 25.4 Å². The molecule has 1 heterocycles. The van der Waals surface area contributed by atoms with Gasteiger partial charge in [-0.3, -0.25) is 4.90 Å². The van der Waals surface area contributed by atoms with Crippen molar-refractivity contribution in [1.29, 1.82) is 0 Å². The van der Waals surface area contributed by atoms with E-state index in [4.69, 9.17) is 23.2 Å². The molecule has 0 spiro atoms. The van der Waals surface area contributed by atoms with Gasteiger partial charge in [0, 0.05) is 35.7 Å². The number of rotatable bonds is 4. The van der Waals surface area contributed by atoms with Crippen LogP contribution in [0.25, 0.3) is 0 Å². The predicted octanol–water partition coefficient (Wildman–Crippen LogP) is 5.16. The summed E-state index contributed by atoms with van der Waals surface area (Å²) in [4.78, 5) is 15.3. The topological polar surface area (TPSA) is 43.8 Å². The summed E-state index contributed by atoms with van der Waals surface area (Å²) in [6, 6.07) is 15.9. The molecule has 2 aromatic rings. The maximum Gasteiger partial charge on any atom is 0.407 e. The summed E-state index contributed by atoms with van der Waals surface area (Å²) in [6.45, 7) is 3.80. The lowest BCUT2D eigenvalue weighted by molar-refractivity contribution is 0.0494. The third kappa shape index (κ3) is 4.14. The Morgan fingerprint density at radius 3 is 1.96 bits per heavy atom. The Balaban J connectivity index is 1.98. The normalized spacial score (nSPS) is 18.3. The number of carboxylic acid groups (broad SMARTS) is 1. The zero-order valence-corrected chi connectivity index (χ0v) is 16.1. The third-order valence-corrected chi connectivity index (χ3v) is 5.48. The Morgan fingerprint density at radius 2 is 1.54 bits per heavy atom. The van der Waals surface area contributed by atoms with E-state index in [0.717, 1.165) is 17.5 Å². The van der Waals surface area contributed by atoms with E-state index in [-0.39, 0.29) is 12.1 Å². The van der Waals surface area contributed by atoms with E-state index in [9.17, 15) is 9.90 Å². The number of piperazine rings is 1. The van der Waals surface area contributed by atoms with E-state index in [2.05, 4.69) is 11.8 Å². The van der Waals surface area contributed by atoms with Crippen molar-refractivity contribution in [3.63, 3.8) is 0 Å². The van der Waals surface area contributed by atoms with Gasteiger partial charge in [0.2, 0.25) is 0 Å². The van der Waals surface area contributed by atoms with Crippen molar-refractivity contribution >= 4 is 29.3 Å². The molecule has 26 heavy (non-hydrogen) atoms. The Morgan fingerprint density at radius 1 is 1.04 bits per heavy atom. The number of nitrogens with zero attached hydrogens (tertiary/aromatic N) is 2. The molecule has 1 atom stereocenters. The zero-order chi connectivity index (χ0) is 18.7. The fourth-order valence-corrected chi connectivity index (χ4v) is 3.86. The number of amides is 1. The highest BCUT2D eigenvalue weighted by molar-refractivity contribution is 6.30. The Labute approximate surface area is 163 Å². The Hall–Kier alpha value is -1.75. The minimum absolute atomic E-state index is 0.0328. The maximum absolute atomic E-state index is 11.4. The van der Waals surface area contributed by atoms with Gasteiger partial charge in [-0.1, -0.05) is 54.4 Å². The van der Waals surface area contributed by atoms with Crippen LogP contribution < -0.4 is 0 Å². The Kier molecular flexibility index (Phi) is 6.07. The minimum Gasteiger partial charge on any atom is -0.465 e. The number of carbonyl (C=O) groups is 1. The van der Waals surface area contributed by atoms with Gasteiger partial charge in [-0.2, -0.15) is 0 Å². The molecule has 1 saturated heterocycles. The summed E-state index contributed by atoms with van der Waals surface area (Å²) in [5.41, 5.74) is 2.28. The molecule has 0 aromatic heterocycles. The molecule has 1 aliphatic rings. The number of halogens is 2. The molecule has 1 N–H and O–H groups in total. The first-order valence-electron chi connectivity index (χ1n) is 8.74. The van der Waals surface area contributed by atoms with Crippen LogP contribution in [0.2, 0.25) is 10.0 Å². The van der Waals surface area contributed by atoms with Crippen molar-refractivity contribution in [3.8, 4) is 0 Å². The van der Waals surface area contributed by atoms with E-state index >= 15 is 0 Å². The average molecular weight is 393 g/mol. The molecule has 0 radical (unpaired) electrons. The molecule has 6 heteroatoms. The molecular formula is C20H22Cl2N2O2. The first kappa shape index (κ1) is 19.0. The first-order valence-corrected chi connectivity index (χ1v) is 9.49. The summed E-state index contributed by atoms with van der Waals surface area (Å²) in [7, 11) is 0. The van der Waals surface area contributed by atoms with Gasteiger partial charge in [0.05, 0.1) is 6.04 Å². The van der Waals surface area contributed by atoms with E-state index in [1.165, 1.54) is 4.90 Å². The third-order valence-electron chi connectivity index (χ3n) is 4.97. The highest BCUT2D eigenvalue weighted by atomic mass is 35.5. The van der Waals surface area contributed by atoms with E-state index < -0.39 is 6.09 Å². The molecule has 1 amide bonds. The van der Waals surface area contributed by atoms with Gasteiger partial charge < -0.3 is 10.0 Å². The lowest BCUT2D eigenvalue weighted by atomic mass is 9.94. The summed E-state index contributed by atoms with van der Waals surface area (Å²) < 4.78 is 0. The van der Waals surface area contributed by atoms with Crippen LogP contribution in [0, 0.1) is 0 Å². The fraction of sp³-hybridized carbons (Fsp3) is 0.350. The number of hydrogen-bond acceptors (Lipinski definition) is 2. The molecule has 0 bridgehead atoms. The molecule has 3 rings (SSSR count). The van der Waals surface area contributed by atoms with Crippen LogP contribution in [-0.2, 0) is 0 Å². The minimum atomic E-state index is -0.849. The highest BCUT2D eigenvalue weighted by Crippen LogP contribution is 2.34. The summed E-state index contributed by atoms with van der Waals surface area (Å²) >= 11 is 12.2. The molecule has 2 aromatic carbocycles. The summed E-state index contributed by atoms with van der Waals surface area (Å²) in [6.07, 6.45) is 0.0270. The van der Waals surface area contributed by atoms with Crippen LogP contribution in [0.4, 0.5) is 4.79 Å². The summed E-state index contributed by atoms with van der Waals surface area (Å²) in [5, 5.41) is 10.8. The predicted molar refractivity (Wildman–Crippen MR) is 105 cm³/mol. The lowest BCUT2D eigenvalue weighted by Gasteiger charge is -2.44. The molecule has 0 aliphatic carbocycles. The SMILES string of the molecule is CC[C@@H]1CN(C(=O)O)CCN1C(c1ccc(Cl)cc1)c1ccc(Cl)cc1. The van der Waals surface area contributed by atoms with Crippen molar-refractivity contribution in [1.82, 2.24) is 9.80 Å². The largest absolute Gasteiger partial charge is 0.465 e. The number of benzene rings is 2. The van der Waals surface area contributed by atoms with Crippen molar-refractivity contribution < 1.29 is 9.90 Å². The molecular weight excluding hydrogens is 371 g/mol. The molecule has 138 valence electrons. The van der Waals surface area contributed by atoms with Gasteiger partial charge in [-0.05, 0) is 41.8 Å². The van der Waals surface area contributed by atoms with Crippen molar-refractivity contribution in [2.75, 3.05) is 19.6 Å². The number of hydrogen-bond donors (Lipinski definition) is 1. The first-order chi connectivity index (χ1) is 12.5. The smallest absolute Gasteiger partial charge is 0.407 e. The van der Waals surface area contributed by atoms with Gasteiger partial charge >= 0.3 is 6.09 Å². The molecule has 1 fully saturated rings. The highest BCUT2D eigenvalue weighted by Gasteiger charge is 2.34. The second-order valence-corrected chi connectivity index (χ2v) is 7.41. The molecule has 0 unspecified atom stereocenters. The molecule has 1 aliphatic heterocycles. The van der Waals surface area contributed by atoms with Gasteiger partial charge in [-0.15, -0.1) is 0 Å². The van der Waals surface area contributed by atoms with Crippen LogP contribution >= 0.6 is 23.2 Å². The Bertz CT molecular complexity index is 704. The van der Waals surface area contributed by atoms with Crippen LogP contribution in [0.5, 0.6) is 0 Å². The van der Waals surface area contributed by atoms with Crippen LogP contribution in [0.15, 0.2) is 48.5 Å². The quantitative estimate of drug-likeness (QED) is 0.781. The maximum atomic E-state index is 11.4. The van der Waals surface area contributed by atoms with Crippen LogP contribution in [0.3, 0.4) is 0 Å². The standard InChI is InChI=1S/C20H22Cl2N2O2/c1-2-18-13-23(20(25)26)11-12-24(18)19(14-3-7-16(21)8-4-14)15-5-9-17(22)10-6-15/h3-10,18-19H,2,11-13H2,1H3,(H,25,26)/t18-/m1/s1. The van der Waals surface area contributed by atoms with E-state index in [1.807, 2.05) is 48.5 Å².